The number of carbonyl (C=O) groups excluding carboxylic acids is 1. The summed E-state index contributed by atoms with van der Waals surface area (Å²) in [7, 11) is 0. The first-order chi connectivity index (χ1) is 9.54. The lowest BCUT2D eigenvalue weighted by molar-refractivity contribution is -0.104. The molecular formula is C20H30O. The molecule has 0 bridgehead atoms. The van der Waals surface area contributed by atoms with Crippen molar-refractivity contribution >= 4 is 6.29 Å². The molecule has 1 saturated carbocycles. The van der Waals surface area contributed by atoms with Crippen molar-refractivity contribution in [2.24, 2.45) is 0 Å². The van der Waals surface area contributed by atoms with Gasteiger partial charge in [-0.25, -0.2) is 0 Å². The van der Waals surface area contributed by atoms with Gasteiger partial charge in [-0.1, -0.05) is 42.9 Å². The van der Waals surface area contributed by atoms with Gasteiger partial charge in [0.2, 0.25) is 0 Å². The molecular weight excluding hydrogens is 256 g/mol. The fourth-order valence-corrected chi connectivity index (χ4v) is 2.50. The van der Waals surface area contributed by atoms with Crippen molar-refractivity contribution in [2.45, 2.75) is 60.8 Å². The van der Waals surface area contributed by atoms with Gasteiger partial charge in [0, 0.05) is 0 Å². The van der Waals surface area contributed by atoms with Crippen LogP contribution in [0.15, 0.2) is 58.2 Å². The molecule has 1 rings (SSSR count). The fraction of sp³-hybridized carbons (Fsp3) is 0.450. The Morgan fingerprint density at radius 1 is 0.952 bits per heavy atom. The van der Waals surface area contributed by atoms with E-state index in [2.05, 4.69) is 32.9 Å². The van der Waals surface area contributed by atoms with Gasteiger partial charge in [-0.2, -0.15) is 0 Å². The minimum Gasteiger partial charge on any atom is -0.299 e. The first-order valence-corrected chi connectivity index (χ1v) is 7.39. The molecule has 0 aromatic carbocycles. The van der Waals surface area contributed by atoms with Crippen LogP contribution < -0.4 is 0 Å². The quantitative estimate of drug-likeness (QED) is 0.346. The van der Waals surface area contributed by atoms with Crippen LogP contribution in [0.1, 0.15) is 60.8 Å². The second-order valence-electron chi connectivity index (χ2n) is 5.67. The SMILES string of the molecule is C.CC(C)=C1CCCC\C1=C/C(C)=C/C=C/C(C)=C/C=O. The number of hydrogen-bond donors (Lipinski definition) is 0. The lowest BCUT2D eigenvalue weighted by Gasteiger charge is -2.20. The number of carbonyl (C=O) groups is 1. The second kappa shape index (κ2) is 10.1. The molecule has 116 valence electrons. The van der Waals surface area contributed by atoms with Crippen LogP contribution >= 0.6 is 0 Å². The number of aldehydes is 1. The number of allylic oxidation sites excluding steroid dienone is 10. The van der Waals surface area contributed by atoms with Crippen LogP contribution in [0.4, 0.5) is 0 Å². The van der Waals surface area contributed by atoms with Gasteiger partial charge in [0.05, 0.1) is 0 Å². The molecule has 0 N–H and O–H groups in total. The molecule has 0 spiro atoms. The highest BCUT2D eigenvalue weighted by Gasteiger charge is 2.12. The molecule has 1 heteroatoms. The van der Waals surface area contributed by atoms with Crippen LogP contribution in [-0.2, 0) is 4.79 Å². The molecule has 0 unspecified atom stereocenters. The molecule has 0 radical (unpaired) electrons. The zero-order valence-electron chi connectivity index (χ0n) is 13.2. The average Bonchev–Trinajstić information content (AvgIpc) is 2.39. The fourth-order valence-electron chi connectivity index (χ4n) is 2.50. The molecule has 21 heavy (non-hydrogen) atoms. The van der Waals surface area contributed by atoms with E-state index in [1.165, 1.54) is 42.4 Å². The third-order valence-corrected chi connectivity index (χ3v) is 3.57. The Balaban J connectivity index is 0.00000400. The highest BCUT2D eigenvalue weighted by molar-refractivity contribution is 5.66. The summed E-state index contributed by atoms with van der Waals surface area (Å²) in [6, 6.07) is 0. The third kappa shape index (κ3) is 7.08. The monoisotopic (exact) mass is 286 g/mol. The Morgan fingerprint density at radius 2 is 1.62 bits per heavy atom. The summed E-state index contributed by atoms with van der Waals surface area (Å²) in [6.07, 6.45) is 15.8. The smallest absolute Gasteiger partial charge is 0.143 e. The van der Waals surface area contributed by atoms with Crippen LogP contribution in [0.25, 0.3) is 0 Å². The molecule has 1 fully saturated rings. The van der Waals surface area contributed by atoms with Crippen molar-refractivity contribution in [1.82, 2.24) is 0 Å². The molecule has 0 amide bonds. The van der Waals surface area contributed by atoms with Gasteiger partial charge < -0.3 is 0 Å². The van der Waals surface area contributed by atoms with Crippen LogP contribution in [0.3, 0.4) is 0 Å². The first kappa shape index (κ1) is 19.4. The van der Waals surface area contributed by atoms with Crippen molar-refractivity contribution in [2.75, 3.05) is 0 Å². The number of hydrogen-bond acceptors (Lipinski definition) is 1. The Hall–Kier alpha value is -1.63. The van der Waals surface area contributed by atoms with E-state index in [1.54, 1.807) is 11.6 Å². The Labute approximate surface area is 130 Å². The summed E-state index contributed by atoms with van der Waals surface area (Å²) >= 11 is 0. The largest absolute Gasteiger partial charge is 0.299 e. The van der Waals surface area contributed by atoms with Crippen molar-refractivity contribution < 1.29 is 4.79 Å². The van der Waals surface area contributed by atoms with Gasteiger partial charge in [0.25, 0.3) is 0 Å². The van der Waals surface area contributed by atoms with Crippen LogP contribution in [0, 0.1) is 0 Å². The predicted molar refractivity (Wildman–Crippen MR) is 94.4 cm³/mol. The normalized spacial score (nSPS) is 18.9. The van der Waals surface area contributed by atoms with Crippen molar-refractivity contribution in [3.05, 3.63) is 58.2 Å². The minimum atomic E-state index is 0. The summed E-state index contributed by atoms with van der Waals surface area (Å²) in [6.45, 7) is 8.48. The second-order valence-corrected chi connectivity index (χ2v) is 5.67. The molecule has 0 aromatic heterocycles. The maximum absolute atomic E-state index is 10.3. The molecule has 1 nitrogen and oxygen atoms in total. The standard InChI is InChI=1S/C19H26O.CH4/c1-15(2)19-11-6-5-10-18(19)14-17(4)9-7-8-16(3)12-13-20;/h7-9,12-14H,5-6,10-11H2,1-4H3;1H4/b8-7+,16-12+,17-9+,18-14+;. The van der Waals surface area contributed by atoms with E-state index in [0.717, 1.165) is 11.9 Å². The maximum Gasteiger partial charge on any atom is 0.143 e. The highest BCUT2D eigenvalue weighted by Crippen LogP contribution is 2.31. The Bertz CT molecular complexity index is 492. The van der Waals surface area contributed by atoms with E-state index in [0.29, 0.717) is 0 Å². The average molecular weight is 286 g/mol. The zero-order valence-corrected chi connectivity index (χ0v) is 13.2. The van der Waals surface area contributed by atoms with E-state index in [4.69, 9.17) is 0 Å². The van der Waals surface area contributed by atoms with Crippen molar-refractivity contribution in [3.63, 3.8) is 0 Å². The topological polar surface area (TPSA) is 17.1 Å². The molecule has 0 heterocycles. The lowest BCUT2D eigenvalue weighted by Crippen LogP contribution is -2.00. The van der Waals surface area contributed by atoms with Gasteiger partial charge in [-0.05, 0) is 76.2 Å². The van der Waals surface area contributed by atoms with Crippen molar-refractivity contribution in [3.8, 4) is 0 Å². The van der Waals surface area contributed by atoms with E-state index < -0.39 is 0 Å². The Kier molecular flexibility index (Phi) is 9.36. The van der Waals surface area contributed by atoms with E-state index in [-0.39, 0.29) is 7.43 Å². The van der Waals surface area contributed by atoms with E-state index >= 15 is 0 Å². The third-order valence-electron chi connectivity index (χ3n) is 3.57. The predicted octanol–water partition coefficient (Wildman–Crippen LogP) is 6.11. The van der Waals surface area contributed by atoms with Gasteiger partial charge >= 0.3 is 0 Å². The van der Waals surface area contributed by atoms with E-state index in [9.17, 15) is 4.79 Å². The molecule has 0 saturated heterocycles. The van der Waals surface area contributed by atoms with Crippen LogP contribution in [0.5, 0.6) is 0 Å². The summed E-state index contributed by atoms with van der Waals surface area (Å²) in [5, 5.41) is 0. The van der Waals surface area contributed by atoms with E-state index in [1.807, 2.05) is 19.1 Å². The summed E-state index contributed by atoms with van der Waals surface area (Å²) in [4.78, 5) is 10.3. The van der Waals surface area contributed by atoms with Crippen LogP contribution in [-0.4, -0.2) is 6.29 Å². The molecule has 0 atom stereocenters. The van der Waals surface area contributed by atoms with Crippen molar-refractivity contribution in [1.29, 1.82) is 0 Å². The molecule has 0 aliphatic heterocycles. The van der Waals surface area contributed by atoms with Gasteiger partial charge in [-0.3, -0.25) is 4.79 Å². The molecule has 1 aliphatic carbocycles. The zero-order chi connectivity index (χ0) is 15.0. The molecule has 1 aliphatic rings. The lowest BCUT2D eigenvalue weighted by atomic mass is 9.86. The highest BCUT2D eigenvalue weighted by atomic mass is 16.1. The molecule has 0 aromatic rings. The summed E-state index contributed by atoms with van der Waals surface area (Å²) in [5.74, 6) is 0. The summed E-state index contributed by atoms with van der Waals surface area (Å²) in [5.41, 5.74) is 6.72. The summed E-state index contributed by atoms with van der Waals surface area (Å²) < 4.78 is 0. The van der Waals surface area contributed by atoms with Gasteiger partial charge in [-0.15, -0.1) is 0 Å². The maximum atomic E-state index is 10.3. The minimum absolute atomic E-state index is 0. The van der Waals surface area contributed by atoms with Crippen LogP contribution in [0.2, 0.25) is 0 Å². The van der Waals surface area contributed by atoms with Gasteiger partial charge in [0.15, 0.2) is 0 Å². The Morgan fingerprint density at radius 3 is 2.24 bits per heavy atom. The van der Waals surface area contributed by atoms with Gasteiger partial charge in [0.1, 0.15) is 6.29 Å². The first-order valence-electron chi connectivity index (χ1n) is 7.39. The number of rotatable bonds is 4.